The van der Waals surface area contributed by atoms with Gasteiger partial charge in [-0.05, 0) is 25.2 Å². The maximum atomic E-state index is 12.9. The van der Waals surface area contributed by atoms with Crippen LogP contribution in [0.5, 0.6) is 5.75 Å². The lowest BCUT2D eigenvalue weighted by molar-refractivity contribution is -0.274. The summed E-state index contributed by atoms with van der Waals surface area (Å²) in [6.07, 6.45) is -0.561. The number of Topliss-reactive ketones (excluding diaryl/α,β-unsaturated/α-hetero) is 1. The average Bonchev–Trinajstić information content (AvgIpc) is 3.30. The third kappa shape index (κ3) is 7.02. The summed E-state index contributed by atoms with van der Waals surface area (Å²) in [4.78, 5) is 37.6. The lowest BCUT2D eigenvalue weighted by atomic mass is 10.1. The summed E-state index contributed by atoms with van der Waals surface area (Å²) in [5.41, 5.74) is 0.359. The summed E-state index contributed by atoms with van der Waals surface area (Å²) in [5.74, 6) is -1.52. The number of anilines is 1. The molecule has 1 saturated heterocycles. The number of amides is 1. The Morgan fingerprint density at radius 1 is 1.14 bits per heavy atom. The van der Waals surface area contributed by atoms with E-state index in [2.05, 4.69) is 35.1 Å². The standard InChI is InChI=1S/C22H22F3N7O3S/c1-31-6-8-32(9-7-31)13-19(34)28-15-10-14(2-3-18(15)35-22(23,24)25)17(33)11-20-29-30-21(36-20)16-12-26-4-5-27-16/h2-5,10,12H,6-9,11,13H2,1H3,(H,28,34). The quantitative estimate of drug-likeness (QED) is 0.447. The Hall–Kier alpha value is -3.49. The van der Waals surface area contributed by atoms with Crippen LogP contribution in [0.2, 0.25) is 0 Å². The SMILES string of the molecule is CN1CCN(CC(=O)Nc2cc(C(=O)Cc3nnc(-c4cnccn4)s3)ccc2OC(F)(F)F)CC1. The summed E-state index contributed by atoms with van der Waals surface area (Å²) >= 11 is 1.16. The smallest absolute Gasteiger partial charge is 0.404 e. The molecule has 1 fully saturated rings. The van der Waals surface area contributed by atoms with Gasteiger partial charge in [0.05, 0.1) is 24.8 Å². The Morgan fingerprint density at radius 2 is 1.92 bits per heavy atom. The van der Waals surface area contributed by atoms with E-state index in [1.165, 1.54) is 30.7 Å². The zero-order valence-electron chi connectivity index (χ0n) is 19.2. The molecule has 10 nitrogen and oxygen atoms in total. The molecule has 0 bridgehead atoms. The number of hydrogen-bond donors (Lipinski definition) is 1. The number of nitrogens with zero attached hydrogens (tertiary/aromatic N) is 6. The number of likely N-dealkylation sites (N-methyl/N-ethyl adjacent to an activating group) is 1. The van der Waals surface area contributed by atoms with Crippen LogP contribution in [0, 0.1) is 0 Å². The van der Waals surface area contributed by atoms with E-state index in [0.717, 1.165) is 30.5 Å². The van der Waals surface area contributed by atoms with E-state index < -0.39 is 23.8 Å². The predicted molar refractivity (Wildman–Crippen MR) is 125 cm³/mol. The molecule has 1 aliphatic heterocycles. The van der Waals surface area contributed by atoms with Crippen LogP contribution in [0.15, 0.2) is 36.8 Å². The zero-order chi connectivity index (χ0) is 25.7. The predicted octanol–water partition coefficient (Wildman–Crippen LogP) is 2.50. The minimum atomic E-state index is -4.97. The first-order chi connectivity index (χ1) is 17.2. The second-order valence-electron chi connectivity index (χ2n) is 8.08. The first-order valence-electron chi connectivity index (χ1n) is 10.9. The van der Waals surface area contributed by atoms with Crippen molar-refractivity contribution in [1.29, 1.82) is 0 Å². The molecule has 0 radical (unpaired) electrons. The van der Waals surface area contributed by atoms with Crippen molar-refractivity contribution in [3.8, 4) is 16.5 Å². The Morgan fingerprint density at radius 3 is 2.61 bits per heavy atom. The first-order valence-corrected chi connectivity index (χ1v) is 11.7. The highest BCUT2D eigenvalue weighted by Gasteiger charge is 2.33. The van der Waals surface area contributed by atoms with Crippen LogP contribution in [0.25, 0.3) is 10.7 Å². The normalized spacial score (nSPS) is 15.0. The number of nitrogens with one attached hydrogen (secondary N) is 1. The van der Waals surface area contributed by atoms with Gasteiger partial charge in [-0.2, -0.15) is 0 Å². The molecule has 14 heteroatoms. The highest BCUT2D eigenvalue weighted by molar-refractivity contribution is 7.14. The van der Waals surface area contributed by atoms with E-state index in [1.54, 1.807) is 0 Å². The molecule has 1 aliphatic rings. The average molecular weight is 522 g/mol. The monoisotopic (exact) mass is 521 g/mol. The van der Waals surface area contributed by atoms with E-state index in [1.807, 2.05) is 11.9 Å². The number of rotatable bonds is 8. The molecule has 0 atom stereocenters. The van der Waals surface area contributed by atoms with E-state index in [-0.39, 0.29) is 24.2 Å². The van der Waals surface area contributed by atoms with E-state index in [0.29, 0.717) is 28.8 Å². The minimum absolute atomic E-state index is 0.00735. The van der Waals surface area contributed by atoms with Gasteiger partial charge in [0.25, 0.3) is 0 Å². The van der Waals surface area contributed by atoms with Gasteiger partial charge in [-0.15, -0.1) is 23.4 Å². The summed E-state index contributed by atoms with van der Waals surface area (Å²) in [7, 11) is 1.97. The number of ketones is 1. The van der Waals surface area contributed by atoms with Crippen LogP contribution in [0.4, 0.5) is 18.9 Å². The minimum Gasteiger partial charge on any atom is -0.404 e. The van der Waals surface area contributed by atoms with Crippen molar-refractivity contribution in [2.75, 3.05) is 45.1 Å². The highest BCUT2D eigenvalue weighted by atomic mass is 32.1. The highest BCUT2D eigenvalue weighted by Crippen LogP contribution is 2.32. The molecule has 4 rings (SSSR count). The van der Waals surface area contributed by atoms with Crippen LogP contribution in [-0.2, 0) is 11.2 Å². The Labute approximate surface area is 208 Å². The van der Waals surface area contributed by atoms with Crippen LogP contribution in [-0.4, -0.2) is 87.8 Å². The Balaban J connectivity index is 1.48. The van der Waals surface area contributed by atoms with Gasteiger partial charge in [0.2, 0.25) is 5.91 Å². The van der Waals surface area contributed by atoms with E-state index >= 15 is 0 Å². The van der Waals surface area contributed by atoms with Crippen molar-refractivity contribution in [2.24, 2.45) is 0 Å². The van der Waals surface area contributed by atoms with Gasteiger partial charge in [0.15, 0.2) is 16.5 Å². The number of carbonyl (C=O) groups is 2. The van der Waals surface area contributed by atoms with Crippen molar-refractivity contribution in [3.63, 3.8) is 0 Å². The summed E-state index contributed by atoms with van der Waals surface area (Å²) in [6, 6.07) is 3.40. The summed E-state index contributed by atoms with van der Waals surface area (Å²) in [6.45, 7) is 2.89. The van der Waals surface area contributed by atoms with Crippen LogP contribution < -0.4 is 10.1 Å². The van der Waals surface area contributed by atoms with Gasteiger partial charge < -0.3 is 15.0 Å². The Bertz CT molecular complexity index is 1220. The number of carbonyl (C=O) groups excluding carboxylic acids is 2. The molecule has 0 unspecified atom stereocenters. The van der Waals surface area contributed by atoms with Crippen LogP contribution in [0.3, 0.4) is 0 Å². The molecule has 3 aromatic rings. The van der Waals surface area contributed by atoms with Gasteiger partial charge in [-0.3, -0.25) is 24.5 Å². The number of halogens is 3. The summed E-state index contributed by atoms with van der Waals surface area (Å²) in [5, 5.41) is 11.3. The third-order valence-electron chi connectivity index (χ3n) is 5.33. The van der Waals surface area contributed by atoms with Crippen molar-refractivity contribution < 1.29 is 27.5 Å². The van der Waals surface area contributed by atoms with E-state index in [9.17, 15) is 22.8 Å². The van der Waals surface area contributed by atoms with Crippen LogP contribution in [0.1, 0.15) is 15.4 Å². The number of hydrogen-bond acceptors (Lipinski definition) is 10. The number of alkyl halides is 3. The fraction of sp³-hybridized carbons (Fsp3) is 0.364. The molecule has 1 aromatic carbocycles. The first kappa shape index (κ1) is 25.6. The molecule has 0 spiro atoms. The number of aromatic nitrogens is 4. The van der Waals surface area contributed by atoms with E-state index in [4.69, 9.17) is 0 Å². The van der Waals surface area contributed by atoms with Crippen molar-refractivity contribution >= 4 is 28.7 Å². The largest absolute Gasteiger partial charge is 0.573 e. The maximum absolute atomic E-state index is 12.9. The fourth-order valence-electron chi connectivity index (χ4n) is 3.49. The molecule has 3 heterocycles. The fourth-order valence-corrected chi connectivity index (χ4v) is 4.29. The summed E-state index contributed by atoms with van der Waals surface area (Å²) < 4.78 is 42.8. The zero-order valence-corrected chi connectivity index (χ0v) is 20.0. The van der Waals surface area contributed by atoms with Gasteiger partial charge >= 0.3 is 6.36 Å². The van der Waals surface area contributed by atoms with Gasteiger partial charge in [0.1, 0.15) is 10.7 Å². The molecular weight excluding hydrogens is 499 g/mol. The number of benzene rings is 1. The Kier molecular flexibility index (Phi) is 7.86. The molecule has 36 heavy (non-hydrogen) atoms. The second kappa shape index (κ2) is 11.1. The maximum Gasteiger partial charge on any atom is 0.573 e. The molecular formula is C22H22F3N7O3S. The molecule has 2 aromatic heterocycles. The second-order valence-corrected chi connectivity index (χ2v) is 9.14. The van der Waals surface area contributed by atoms with Gasteiger partial charge in [0, 0.05) is 44.1 Å². The molecule has 1 N–H and O–H groups in total. The van der Waals surface area contributed by atoms with Crippen molar-refractivity contribution in [3.05, 3.63) is 47.4 Å². The van der Waals surface area contributed by atoms with Crippen molar-refractivity contribution in [2.45, 2.75) is 12.8 Å². The lowest BCUT2D eigenvalue weighted by Gasteiger charge is -2.31. The molecule has 1 amide bonds. The lowest BCUT2D eigenvalue weighted by Crippen LogP contribution is -2.47. The number of ether oxygens (including phenoxy) is 1. The van der Waals surface area contributed by atoms with Crippen molar-refractivity contribution in [1.82, 2.24) is 30.0 Å². The number of piperazine rings is 1. The molecule has 0 saturated carbocycles. The van der Waals surface area contributed by atoms with Gasteiger partial charge in [-0.25, -0.2) is 0 Å². The topological polar surface area (TPSA) is 113 Å². The van der Waals surface area contributed by atoms with Crippen LogP contribution >= 0.6 is 11.3 Å². The molecule has 0 aliphatic carbocycles. The van der Waals surface area contributed by atoms with Gasteiger partial charge in [-0.1, -0.05) is 11.3 Å². The third-order valence-corrected chi connectivity index (χ3v) is 6.27. The molecule has 190 valence electrons.